The lowest BCUT2D eigenvalue weighted by Gasteiger charge is -2.34. The molecule has 3 aliphatic rings. The number of pyridine rings is 1. The minimum absolute atomic E-state index is 0.262. The molecule has 5 atom stereocenters. The molecule has 13 heteroatoms. The lowest BCUT2D eigenvalue weighted by atomic mass is 9.70. The first kappa shape index (κ1) is 24.0. The molecule has 4 rings (SSSR count). The van der Waals surface area contributed by atoms with E-state index in [0.29, 0.717) is 0 Å². The number of alkyl halides is 2. The monoisotopic (exact) mass is 496 g/mol. The first-order valence-corrected chi connectivity index (χ1v) is 12.1. The zero-order valence-corrected chi connectivity index (χ0v) is 18.7. The standard InChI is InChI=1S/C21H22F2N4O6S/c22-20(23)4-6-27(11-20)16(28)13-7-12(34(32,33)15-3-1-2-5-26-15)8-21(13,18(30)31)14-9-19(14,10-24)17(25)29/h1-3,5,12-14H,4,6-9,11H2,(H2,25,29)(H,30,31)/t12-,13-,14?,19?,21-/m0/s1. The Morgan fingerprint density at radius 1 is 1.26 bits per heavy atom. The molecule has 182 valence electrons. The Bertz CT molecular complexity index is 1200. The van der Waals surface area contributed by atoms with Gasteiger partial charge in [-0.05, 0) is 31.4 Å². The number of nitriles is 1. The fourth-order valence-corrected chi connectivity index (χ4v) is 7.33. The third kappa shape index (κ3) is 3.43. The van der Waals surface area contributed by atoms with E-state index < -0.39 is 87.3 Å². The predicted molar refractivity (Wildman–Crippen MR) is 109 cm³/mol. The molecule has 1 aromatic heterocycles. The largest absolute Gasteiger partial charge is 0.481 e. The van der Waals surface area contributed by atoms with E-state index in [1.54, 1.807) is 6.07 Å². The summed E-state index contributed by atoms with van der Waals surface area (Å²) in [5, 5.41) is 18.2. The number of nitrogens with zero attached hydrogens (tertiary/aromatic N) is 3. The molecular formula is C21H22F2N4O6S. The fraction of sp³-hybridized carbons (Fsp3) is 0.571. The van der Waals surface area contributed by atoms with Crippen molar-refractivity contribution in [3.8, 4) is 6.07 Å². The zero-order valence-electron chi connectivity index (χ0n) is 17.9. The molecule has 1 aromatic rings. The molecule has 2 unspecified atom stereocenters. The van der Waals surface area contributed by atoms with Crippen LogP contribution in [-0.4, -0.2) is 65.5 Å². The summed E-state index contributed by atoms with van der Waals surface area (Å²) < 4.78 is 54.2. The quantitative estimate of drug-likeness (QED) is 0.576. The maximum atomic E-state index is 13.8. The van der Waals surface area contributed by atoms with Gasteiger partial charge >= 0.3 is 5.97 Å². The summed E-state index contributed by atoms with van der Waals surface area (Å²) in [6.07, 6.45) is -0.669. The number of rotatable bonds is 6. The summed E-state index contributed by atoms with van der Waals surface area (Å²) in [4.78, 5) is 42.8. The smallest absolute Gasteiger partial charge is 0.310 e. The highest BCUT2D eigenvalue weighted by atomic mass is 32.2. The van der Waals surface area contributed by atoms with Gasteiger partial charge < -0.3 is 15.7 Å². The summed E-state index contributed by atoms with van der Waals surface area (Å²) in [6, 6.07) is 5.90. The second kappa shape index (κ2) is 7.69. The summed E-state index contributed by atoms with van der Waals surface area (Å²) in [5.41, 5.74) is 1.35. The molecule has 2 saturated carbocycles. The third-order valence-corrected chi connectivity index (χ3v) is 9.51. The molecule has 3 N–H and O–H groups in total. The molecule has 0 spiro atoms. The lowest BCUT2D eigenvalue weighted by molar-refractivity contribution is -0.160. The zero-order chi connectivity index (χ0) is 25.1. The predicted octanol–water partition coefficient (Wildman–Crippen LogP) is 0.588. The van der Waals surface area contributed by atoms with Gasteiger partial charge in [-0.3, -0.25) is 14.4 Å². The summed E-state index contributed by atoms with van der Waals surface area (Å²) in [7, 11) is -4.22. The highest BCUT2D eigenvalue weighted by molar-refractivity contribution is 7.92. The second-order valence-electron chi connectivity index (χ2n) is 9.24. The molecule has 0 radical (unpaired) electrons. The van der Waals surface area contributed by atoms with Crippen molar-refractivity contribution in [1.29, 1.82) is 5.26 Å². The van der Waals surface area contributed by atoms with E-state index in [1.165, 1.54) is 24.4 Å². The van der Waals surface area contributed by atoms with Crippen molar-refractivity contribution in [3.63, 3.8) is 0 Å². The Morgan fingerprint density at radius 2 is 1.97 bits per heavy atom. The number of carboxylic acid groups (broad SMARTS) is 1. The summed E-state index contributed by atoms with van der Waals surface area (Å²) >= 11 is 0. The lowest BCUT2D eigenvalue weighted by Crippen LogP contribution is -2.48. The highest BCUT2D eigenvalue weighted by Crippen LogP contribution is 2.68. The Kier molecular flexibility index (Phi) is 5.43. The molecule has 2 amide bonds. The number of amides is 2. The van der Waals surface area contributed by atoms with Crippen LogP contribution in [-0.2, 0) is 24.2 Å². The van der Waals surface area contributed by atoms with Gasteiger partial charge in [0.25, 0.3) is 5.92 Å². The van der Waals surface area contributed by atoms with Crippen molar-refractivity contribution in [2.75, 3.05) is 13.1 Å². The van der Waals surface area contributed by atoms with Crippen molar-refractivity contribution in [1.82, 2.24) is 9.88 Å². The average molecular weight is 496 g/mol. The molecule has 0 bridgehead atoms. The third-order valence-electron chi connectivity index (χ3n) is 7.45. The van der Waals surface area contributed by atoms with Crippen LogP contribution in [0.25, 0.3) is 0 Å². The van der Waals surface area contributed by atoms with Gasteiger partial charge in [-0.15, -0.1) is 0 Å². The van der Waals surface area contributed by atoms with Crippen LogP contribution in [0.15, 0.2) is 29.4 Å². The fourth-order valence-electron chi connectivity index (χ4n) is 5.57. The van der Waals surface area contributed by atoms with Crippen molar-refractivity contribution in [2.45, 2.75) is 41.9 Å². The SMILES string of the molecule is N#CC1(C(N)=O)CC1[C@]1(C(=O)O)C[C@@H](S(=O)(=O)c2ccccn2)C[C@H]1C(=O)N1CCC(F)(F)C1. The van der Waals surface area contributed by atoms with Crippen LogP contribution in [0.3, 0.4) is 0 Å². The van der Waals surface area contributed by atoms with E-state index >= 15 is 0 Å². The molecule has 1 saturated heterocycles. The molecule has 0 aromatic carbocycles. The van der Waals surface area contributed by atoms with Crippen molar-refractivity contribution < 1.29 is 36.7 Å². The number of sulfone groups is 1. The first-order valence-electron chi connectivity index (χ1n) is 10.6. The number of carbonyl (C=O) groups excluding carboxylic acids is 2. The number of hydrogen-bond acceptors (Lipinski definition) is 7. The number of aliphatic carboxylic acids is 1. The summed E-state index contributed by atoms with van der Waals surface area (Å²) in [5.74, 6) is -9.50. The normalized spacial score (nSPS) is 34.4. The van der Waals surface area contributed by atoms with Crippen LogP contribution < -0.4 is 5.73 Å². The second-order valence-corrected chi connectivity index (χ2v) is 11.4. The highest BCUT2D eigenvalue weighted by Gasteiger charge is 2.76. The topological polar surface area (TPSA) is 172 Å². The van der Waals surface area contributed by atoms with Crippen LogP contribution >= 0.6 is 0 Å². The van der Waals surface area contributed by atoms with Crippen LogP contribution in [0.2, 0.25) is 0 Å². The van der Waals surface area contributed by atoms with Gasteiger partial charge in [0.2, 0.25) is 11.8 Å². The number of aromatic nitrogens is 1. The van der Waals surface area contributed by atoms with Gasteiger partial charge in [0.05, 0.1) is 29.2 Å². The minimum Gasteiger partial charge on any atom is -0.481 e. The van der Waals surface area contributed by atoms with Gasteiger partial charge in [0, 0.05) is 25.1 Å². The van der Waals surface area contributed by atoms with Crippen LogP contribution in [0, 0.1) is 34.0 Å². The van der Waals surface area contributed by atoms with Crippen molar-refractivity contribution in [2.24, 2.45) is 28.4 Å². The van der Waals surface area contributed by atoms with E-state index in [4.69, 9.17) is 5.73 Å². The molecule has 2 aliphatic carbocycles. The molecule has 3 fully saturated rings. The van der Waals surface area contributed by atoms with E-state index in [9.17, 15) is 42.0 Å². The Balaban J connectivity index is 1.79. The van der Waals surface area contributed by atoms with Crippen LogP contribution in [0.1, 0.15) is 25.7 Å². The van der Waals surface area contributed by atoms with Crippen molar-refractivity contribution in [3.05, 3.63) is 24.4 Å². The van der Waals surface area contributed by atoms with Gasteiger partial charge in [-0.2, -0.15) is 5.26 Å². The van der Waals surface area contributed by atoms with Crippen LogP contribution in [0.4, 0.5) is 8.78 Å². The molecule has 34 heavy (non-hydrogen) atoms. The average Bonchev–Trinajstić information content (AvgIpc) is 3.23. The van der Waals surface area contributed by atoms with E-state index in [2.05, 4.69) is 4.98 Å². The number of halogens is 2. The summed E-state index contributed by atoms with van der Waals surface area (Å²) in [6.45, 7) is -1.24. The van der Waals surface area contributed by atoms with Crippen LogP contribution in [0.5, 0.6) is 0 Å². The molecule has 2 heterocycles. The van der Waals surface area contributed by atoms with Gasteiger partial charge in [0.15, 0.2) is 14.9 Å². The maximum Gasteiger partial charge on any atom is 0.310 e. The Labute approximate surface area is 193 Å². The van der Waals surface area contributed by atoms with E-state index in [0.717, 1.165) is 4.90 Å². The number of likely N-dealkylation sites (tertiary alicyclic amines) is 1. The number of primary amides is 1. The number of nitrogens with two attached hydrogens (primary N) is 1. The first-order chi connectivity index (χ1) is 15.8. The van der Waals surface area contributed by atoms with E-state index in [-0.39, 0.29) is 18.0 Å². The maximum absolute atomic E-state index is 13.8. The molecule has 1 aliphatic heterocycles. The van der Waals surface area contributed by atoms with Gasteiger partial charge in [-0.25, -0.2) is 22.2 Å². The van der Waals surface area contributed by atoms with Crippen molar-refractivity contribution >= 4 is 27.6 Å². The minimum atomic E-state index is -4.22. The van der Waals surface area contributed by atoms with E-state index in [1.807, 2.05) is 0 Å². The molecular weight excluding hydrogens is 474 g/mol. The van der Waals surface area contributed by atoms with Gasteiger partial charge in [-0.1, -0.05) is 6.07 Å². The Hall–Kier alpha value is -3.14. The molecule has 10 nitrogen and oxygen atoms in total. The number of hydrogen-bond donors (Lipinski definition) is 2. The number of carbonyl (C=O) groups is 3. The van der Waals surface area contributed by atoms with Gasteiger partial charge in [0.1, 0.15) is 5.41 Å². The Morgan fingerprint density at radius 3 is 2.44 bits per heavy atom. The number of carboxylic acids is 1.